The predicted octanol–water partition coefficient (Wildman–Crippen LogP) is 4.63. The van der Waals surface area contributed by atoms with E-state index in [0.29, 0.717) is 35.0 Å². The van der Waals surface area contributed by atoms with Crippen LogP contribution in [-0.4, -0.2) is 37.4 Å². The van der Waals surface area contributed by atoms with Gasteiger partial charge in [-0.05, 0) is 67.1 Å². The molecule has 6 nitrogen and oxygen atoms in total. The molecule has 0 aliphatic heterocycles. The van der Waals surface area contributed by atoms with Crippen molar-refractivity contribution < 1.29 is 9.90 Å². The van der Waals surface area contributed by atoms with Crippen LogP contribution in [0.4, 0.5) is 5.82 Å². The Labute approximate surface area is 178 Å². The van der Waals surface area contributed by atoms with E-state index in [1.807, 2.05) is 35.7 Å². The average molecular weight is 457 g/mol. The van der Waals surface area contributed by atoms with E-state index >= 15 is 0 Å². The second kappa shape index (κ2) is 7.54. The van der Waals surface area contributed by atoms with Crippen LogP contribution in [0.2, 0.25) is 0 Å². The Balaban J connectivity index is 1.68. The number of halogens is 1. The summed E-state index contributed by atoms with van der Waals surface area (Å²) in [5.74, 6) is 1.42. The quantitative estimate of drug-likeness (QED) is 0.506. The molecule has 29 heavy (non-hydrogen) atoms. The molecule has 2 N–H and O–H groups in total. The van der Waals surface area contributed by atoms with Gasteiger partial charge in [-0.25, -0.2) is 9.97 Å². The van der Waals surface area contributed by atoms with E-state index in [2.05, 4.69) is 31.2 Å². The molecule has 0 atom stereocenters. The molecule has 1 aliphatic rings. The molecule has 0 spiro atoms. The molecule has 2 aromatic heterocycles. The maximum absolute atomic E-state index is 12.5. The third-order valence-electron chi connectivity index (χ3n) is 5.14. The van der Waals surface area contributed by atoms with Crippen LogP contribution in [0.15, 0.2) is 35.2 Å². The van der Waals surface area contributed by atoms with Gasteiger partial charge in [-0.3, -0.25) is 9.20 Å². The van der Waals surface area contributed by atoms with Crippen molar-refractivity contribution in [3.05, 3.63) is 46.3 Å². The maximum Gasteiger partial charge on any atom is 0.180 e. The van der Waals surface area contributed by atoms with Gasteiger partial charge < -0.3 is 10.4 Å². The summed E-state index contributed by atoms with van der Waals surface area (Å²) < 4.78 is 2.63. The van der Waals surface area contributed by atoms with Gasteiger partial charge >= 0.3 is 0 Å². The molecule has 1 aromatic carbocycles. The highest BCUT2D eigenvalue weighted by Crippen LogP contribution is 2.34. The number of hydrogen-bond donors (Lipinski definition) is 2. The minimum absolute atomic E-state index is 0.236. The molecule has 0 bridgehead atoms. The summed E-state index contributed by atoms with van der Waals surface area (Å²) in [6, 6.07) is 5.95. The van der Waals surface area contributed by atoms with Gasteiger partial charge in [0.2, 0.25) is 0 Å². The number of aliphatic hydroxyl groups is 1. The van der Waals surface area contributed by atoms with E-state index in [0.717, 1.165) is 22.4 Å². The number of rotatable bonds is 7. The second-order valence-electron chi connectivity index (χ2n) is 8.52. The minimum Gasteiger partial charge on any atom is -0.389 e. The first-order chi connectivity index (χ1) is 13.7. The van der Waals surface area contributed by atoms with Gasteiger partial charge in [0, 0.05) is 30.3 Å². The summed E-state index contributed by atoms with van der Waals surface area (Å²) in [5.41, 5.74) is 3.51. The zero-order chi connectivity index (χ0) is 20.8. The molecule has 1 fully saturated rings. The fraction of sp³-hybridized carbons (Fsp3) is 0.409. The van der Waals surface area contributed by atoms with Gasteiger partial charge in [-0.15, -0.1) is 0 Å². The molecule has 0 unspecified atom stereocenters. The van der Waals surface area contributed by atoms with Crippen LogP contribution in [0.3, 0.4) is 0 Å². The molecule has 1 aliphatic carbocycles. The molecular weight excluding hydrogens is 432 g/mol. The Morgan fingerprint density at radius 1 is 1.38 bits per heavy atom. The molecule has 3 aromatic rings. The topological polar surface area (TPSA) is 79.5 Å². The largest absolute Gasteiger partial charge is 0.389 e. The molecule has 152 valence electrons. The first-order valence-electron chi connectivity index (χ1n) is 9.85. The fourth-order valence-corrected chi connectivity index (χ4v) is 3.80. The smallest absolute Gasteiger partial charge is 0.180 e. The zero-order valence-electron chi connectivity index (χ0n) is 16.9. The van der Waals surface area contributed by atoms with Crippen molar-refractivity contribution in [1.82, 2.24) is 14.4 Å². The molecule has 4 rings (SSSR count). The van der Waals surface area contributed by atoms with Gasteiger partial charge in [-0.2, -0.15) is 0 Å². The number of fused-ring (bicyclic) bond motifs is 1. The van der Waals surface area contributed by atoms with Crippen LogP contribution < -0.4 is 5.32 Å². The van der Waals surface area contributed by atoms with Crippen LogP contribution in [0.5, 0.6) is 0 Å². The van der Waals surface area contributed by atoms with Gasteiger partial charge in [0.1, 0.15) is 4.60 Å². The van der Waals surface area contributed by atoms with Gasteiger partial charge in [0.05, 0.1) is 17.5 Å². The number of carbonyl (C=O) groups excluding carboxylic acids is 1. The van der Waals surface area contributed by atoms with E-state index in [-0.39, 0.29) is 5.78 Å². The van der Waals surface area contributed by atoms with Crippen LogP contribution in [0.1, 0.15) is 49.0 Å². The van der Waals surface area contributed by atoms with E-state index in [1.165, 1.54) is 12.8 Å². The van der Waals surface area contributed by atoms with E-state index < -0.39 is 5.60 Å². The predicted molar refractivity (Wildman–Crippen MR) is 117 cm³/mol. The summed E-state index contributed by atoms with van der Waals surface area (Å²) in [4.78, 5) is 21.5. The average Bonchev–Trinajstić information content (AvgIpc) is 3.35. The third kappa shape index (κ3) is 4.51. The molecule has 7 heteroatoms. The SMILES string of the molecule is Cc1cc(-c2cnc3c(NCC(C)(C)O)nc(Br)cn23)ccc1C(=O)CC1CC1. The van der Waals surface area contributed by atoms with Crippen molar-refractivity contribution in [2.75, 3.05) is 11.9 Å². The number of benzene rings is 1. The lowest BCUT2D eigenvalue weighted by atomic mass is 9.98. The van der Waals surface area contributed by atoms with Crippen molar-refractivity contribution in [3.8, 4) is 11.3 Å². The number of imidazole rings is 1. The summed E-state index contributed by atoms with van der Waals surface area (Å²) in [5, 5.41) is 13.2. The number of aromatic nitrogens is 3. The number of aryl methyl sites for hydroxylation is 1. The van der Waals surface area contributed by atoms with Gasteiger partial charge in [0.15, 0.2) is 17.2 Å². The Morgan fingerprint density at radius 2 is 2.14 bits per heavy atom. The Kier molecular flexibility index (Phi) is 5.21. The second-order valence-corrected chi connectivity index (χ2v) is 9.33. The first kappa shape index (κ1) is 20.0. The maximum atomic E-state index is 12.5. The van der Waals surface area contributed by atoms with Gasteiger partial charge in [-0.1, -0.05) is 12.1 Å². The number of ketones is 1. The molecule has 0 amide bonds. The fourth-order valence-electron chi connectivity index (χ4n) is 3.42. The summed E-state index contributed by atoms with van der Waals surface area (Å²) in [7, 11) is 0. The molecule has 2 heterocycles. The van der Waals surface area contributed by atoms with Crippen LogP contribution in [-0.2, 0) is 0 Å². The molecule has 1 saturated carbocycles. The molecule has 0 saturated heterocycles. The molecular formula is C22H25BrN4O2. The number of hydrogen-bond acceptors (Lipinski definition) is 5. The molecule has 0 radical (unpaired) electrons. The van der Waals surface area contributed by atoms with Crippen molar-refractivity contribution >= 4 is 33.2 Å². The Morgan fingerprint density at radius 3 is 2.79 bits per heavy atom. The summed E-state index contributed by atoms with van der Waals surface area (Å²) in [6.07, 6.45) is 6.69. The van der Waals surface area contributed by atoms with Crippen LogP contribution >= 0.6 is 15.9 Å². The highest BCUT2D eigenvalue weighted by atomic mass is 79.9. The van der Waals surface area contributed by atoms with E-state index in [4.69, 9.17) is 0 Å². The number of Topliss-reactive ketones (excluding diaryl/α,β-unsaturated/α-hetero) is 1. The number of nitrogens with zero attached hydrogens (tertiary/aromatic N) is 3. The lowest BCUT2D eigenvalue weighted by molar-refractivity contribution is 0.0943. The first-order valence-corrected chi connectivity index (χ1v) is 10.6. The van der Waals surface area contributed by atoms with Crippen molar-refractivity contribution in [2.24, 2.45) is 5.92 Å². The van der Waals surface area contributed by atoms with Crippen LogP contribution in [0, 0.1) is 12.8 Å². The van der Waals surface area contributed by atoms with Crippen molar-refractivity contribution in [3.63, 3.8) is 0 Å². The van der Waals surface area contributed by atoms with Crippen LogP contribution in [0.25, 0.3) is 16.9 Å². The van der Waals surface area contributed by atoms with Crippen molar-refractivity contribution in [1.29, 1.82) is 0 Å². The van der Waals surface area contributed by atoms with Crippen molar-refractivity contribution in [2.45, 2.75) is 45.6 Å². The third-order valence-corrected chi connectivity index (χ3v) is 5.53. The van der Waals surface area contributed by atoms with E-state index in [1.54, 1.807) is 20.0 Å². The standard InChI is InChI=1S/C22H25BrN4O2/c1-13-8-15(6-7-16(13)18(28)9-14-4-5-14)17-10-24-21-20(25-12-22(2,3)29)26-19(23)11-27(17)21/h6-8,10-11,14,29H,4-5,9,12H2,1-3H3,(H,25,26). The number of anilines is 1. The van der Waals surface area contributed by atoms with Gasteiger partial charge in [0.25, 0.3) is 0 Å². The normalized spacial score (nSPS) is 14.4. The number of nitrogens with one attached hydrogen (secondary N) is 1. The lowest BCUT2D eigenvalue weighted by Gasteiger charge is -2.18. The Hall–Kier alpha value is -2.25. The summed E-state index contributed by atoms with van der Waals surface area (Å²) >= 11 is 3.46. The Bertz CT molecular complexity index is 1080. The highest BCUT2D eigenvalue weighted by molar-refractivity contribution is 9.10. The highest BCUT2D eigenvalue weighted by Gasteiger charge is 2.25. The number of carbonyl (C=O) groups is 1. The lowest BCUT2D eigenvalue weighted by Crippen LogP contribution is -2.29. The zero-order valence-corrected chi connectivity index (χ0v) is 18.5. The van der Waals surface area contributed by atoms with E-state index in [9.17, 15) is 9.90 Å². The minimum atomic E-state index is -0.865. The summed E-state index contributed by atoms with van der Waals surface area (Å²) in [6.45, 7) is 5.81. The monoisotopic (exact) mass is 456 g/mol.